The zero-order valence-corrected chi connectivity index (χ0v) is 18.5. The Balaban J connectivity index is 1.81. The highest BCUT2D eigenvalue weighted by Crippen LogP contribution is 2.11. The highest BCUT2D eigenvalue weighted by Gasteiger charge is 2.15. The van der Waals surface area contributed by atoms with Crippen molar-refractivity contribution in [3.8, 4) is 0 Å². The molecule has 0 radical (unpaired) electrons. The van der Waals surface area contributed by atoms with E-state index in [2.05, 4.69) is 60.7 Å². The molecule has 2 rings (SSSR count). The molecule has 1 aliphatic heterocycles. The van der Waals surface area contributed by atoms with Gasteiger partial charge >= 0.3 is 0 Å². The number of likely N-dealkylation sites (tertiary alicyclic amines) is 1. The van der Waals surface area contributed by atoms with Crippen LogP contribution in [0.25, 0.3) is 0 Å². The molecule has 0 aliphatic carbocycles. The summed E-state index contributed by atoms with van der Waals surface area (Å²) in [5, 5.41) is 6.73. The molecule has 6 nitrogen and oxygen atoms in total. The number of carbonyl (C=O) groups excluding carboxylic acids is 1. The molecule has 6 heteroatoms. The van der Waals surface area contributed by atoms with Crippen molar-refractivity contribution in [3.05, 3.63) is 35.4 Å². The molecule has 0 atom stereocenters. The number of nitrogens with one attached hydrogen (secondary N) is 2. The van der Waals surface area contributed by atoms with Crippen molar-refractivity contribution in [2.24, 2.45) is 4.99 Å². The molecule has 1 amide bonds. The maximum absolute atomic E-state index is 12.1. The fraction of sp³-hybridized carbons (Fsp3) is 0.652. The molecule has 1 fully saturated rings. The molecule has 0 saturated carbocycles. The second-order valence-electron chi connectivity index (χ2n) is 7.82. The number of hydrogen-bond donors (Lipinski definition) is 2. The lowest BCUT2D eigenvalue weighted by Gasteiger charge is -2.20. The summed E-state index contributed by atoms with van der Waals surface area (Å²) in [6, 6.07) is 8.66. The minimum Gasteiger partial charge on any atom is -0.357 e. The van der Waals surface area contributed by atoms with Crippen LogP contribution in [0.4, 0.5) is 0 Å². The molecule has 2 N–H and O–H groups in total. The molecule has 1 aliphatic rings. The molecule has 1 aromatic carbocycles. The number of carbonyl (C=O) groups is 1. The minimum absolute atomic E-state index is 0.316. The van der Waals surface area contributed by atoms with E-state index in [0.717, 1.165) is 64.5 Å². The monoisotopic (exact) mass is 401 g/mol. The summed E-state index contributed by atoms with van der Waals surface area (Å²) >= 11 is 0. The smallest absolute Gasteiger partial charge is 0.222 e. The second-order valence-corrected chi connectivity index (χ2v) is 7.82. The maximum atomic E-state index is 12.1. The third-order valence-corrected chi connectivity index (χ3v) is 5.32. The van der Waals surface area contributed by atoms with Gasteiger partial charge in [-0.3, -0.25) is 4.79 Å². The van der Waals surface area contributed by atoms with Crippen LogP contribution in [-0.2, 0) is 17.9 Å². The van der Waals surface area contributed by atoms with Crippen molar-refractivity contribution in [2.45, 2.75) is 59.0 Å². The van der Waals surface area contributed by atoms with Gasteiger partial charge in [-0.1, -0.05) is 37.6 Å². The van der Waals surface area contributed by atoms with Crippen LogP contribution < -0.4 is 10.6 Å². The van der Waals surface area contributed by atoms with Gasteiger partial charge in [0, 0.05) is 39.1 Å². The average Bonchev–Trinajstić information content (AvgIpc) is 2.93. The van der Waals surface area contributed by atoms with E-state index < -0.39 is 0 Å². The number of guanidine groups is 1. The number of benzene rings is 1. The van der Waals surface area contributed by atoms with Gasteiger partial charge in [0.1, 0.15) is 0 Å². The van der Waals surface area contributed by atoms with E-state index in [1.54, 1.807) is 0 Å². The number of aliphatic imine (C=N–C) groups is 1. The molecular formula is C23H39N5O. The summed E-state index contributed by atoms with van der Waals surface area (Å²) in [7, 11) is 2.14. The number of rotatable bonds is 10. The number of hydrogen-bond acceptors (Lipinski definition) is 3. The minimum atomic E-state index is 0.316. The summed E-state index contributed by atoms with van der Waals surface area (Å²) in [4.78, 5) is 21.1. The Hall–Kier alpha value is -2.08. The van der Waals surface area contributed by atoms with Gasteiger partial charge in [-0.15, -0.1) is 0 Å². The Morgan fingerprint density at radius 1 is 1.17 bits per heavy atom. The van der Waals surface area contributed by atoms with Crippen LogP contribution >= 0.6 is 0 Å². The molecule has 1 aromatic rings. The molecule has 29 heavy (non-hydrogen) atoms. The van der Waals surface area contributed by atoms with Crippen LogP contribution in [0, 0.1) is 0 Å². The van der Waals surface area contributed by atoms with E-state index in [-0.39, 0.29) is 0 Å². The first-order valence-electron chi connectivity index (χ1n) is 11.2. The lowest BCUT2D eigenvalue weighted by Crippen LogP contribution is -2.39. The van der Waals surface area contributed by atoms with Crippen molar-refractivity contribution in [3.63, 3.8) is 0 Å². The number of amides is 1. The van der Waals surface area contributed by atoms with Crippen molar-refractivity contribution in [1.82, 2.24) is 20.4 Å². The quantitative estimate of drug-likeness (QED) is 0.359. The largest absolute Gasteiger partial charge is 0.357 e. The SMILES string of the molecule is CCNC(=NCc1cccc(CN(C)CC)c1)NCCCN1CCCCCC1=O. The van der Waals surface area contributed by atoms with E-state index in [9.17, 15) is 4.79 Å². The van der Waals surface area contributed by atoms with Crippen molar-refractivity contribution in [2.75, 3.05) is 39.8 Å². The molecule has 162 valence electrons. The summed E-state index contributed by atoms with van der Waals surface area (Å²) in [6.45, 7) is 10.3. The summed E-state index contributed by atoms with van der Waals surface area (Å²) < 4.78 is 0. The molecule has 0 spiro atoms. The molecule has 1 saturated heterocycles. The number of nitrogens with zero attached hydrogens (tertiary/aromatic N) is 3. The van der Waals surface area contributed by atoms with Crippen LogP contribution in [-0.4, -0.2) is 61.4 Å². The zero-order chi connectivity index (χ0) is 20.9. The molecule has 0 aromatic heterocycles. The van der Waals surface area contributed by atoms with Crippen molar-refractivity contribution >= 4 is 11.9 Å². The molecule has 0 bridgehead atoms. The Kier molecular flexibility index (Phi) is 10.6. The fourth-order valence-corrected chi connectivity index (χ4v) is 3.51. The van der Waals surface area contributed by atoms with Crippen molar-refractivity contribution < 1.29 is 4.79 Å². The third kappa shape index (κ3) is 8.86. The Morgan fingerprint density at radius 2 is 2.00 bits per heavy atom. The highest BCUT2D eigenvalue weighted by molar-refractivity contribution is 5.79. The van der Waals surface area contributed by atoms with Crippen LogP contribution in [0.1, 0.15) is 57.1 Å². The Bertz CT molecular complexity index is 646. The first-order valence-corrected chi connectivity index (χ1v) is 11.2. The van der Waals surface area contributed by atoms with Crippen molar-refractivity contribution in [1.29, 1.82) is 0 Å². The maximum Gasteiger partial charge on any atom is 0.222 e. The average molecular weight is 402 g/mol. The molecule has 1 heterocycles. The van der Waals surface area contributed by atoms with Crippen LogP contribution in [0.2, 0.25) is 0 Å². The van der Waals surface area contributed by atoms with Gasteiger partial charge < -0.3 is 20.4 Å². The van der Waals surface area contributed by atoms with Gasteiger partial charge in [-0.25, -0.2) is 4.99 Å². The third-order valence-electron chi connectivity index (χ3n) is 5.32. The highest BCUT2D eigenvalue weighted by atomic mass is 16.2. The topological polar surface area (TPSA) is 60.0 Å². The van der Waals surface area contributed by atoms with Gasteiger partial charge in [-0.05, 0) is 50.9 Å². The van der Waals surface area contributed by atoms with E-state index >= 15 is 0 Å². The Morgan fingerprint density at radius 3 is 2.79 bits per heavy atom. The van der Waals surface area contributed by atoms with E-state index in [1.807, 2.05) is 4.90 Å². The van der Waals surface area contributed by atoms with Gasteiger partial charge in [0.05, 0.1) is 6.54 Å². The van der Waals surface area contributed by atoms with Crippen LogP contribution in [0.3, 0.4) is 0 Å². The lowest BCUT2D eigenvalue weighted by atomic mass is 10.1. The summed E-state index contributed by atoms with van der Waals surface area (Å²) in [5.74, 6) is 1.16. The zero-order valence-electron chi connectivity index (χ0n) is 18.5. The first kappa shape index (κ1) is 23.2. The van der Waals surface area contributed by atoms with Gasteiger partial charge in [-0.2, -0.15) is 0 Å². The summed E-state index contributed by atoms with van der Waals surface area (Å²) in [6.07, 6.45) is 5.00. The second kappa shape index (κ2) is 13.2. The van der Waals surface area contributed by atoms with E-state index in [1.165, 1.54) is 17.5 Å². The lowest BCUT2D eigenvalue weighted by molar-refractivity contribution is -0.130. The van der Waals surface area contributed by atoms with Gasteiger partial charge in [0.25, 0.3) is 0 Å². The van der Waals surface area contributed by atoms with E-state index in [4.69, 9.17) is 4.99 Å². The van der Waals surface area contributed by atoms with E-state index in [0.29, 0.717) is 18.9 Å². The predicted molar refractivity (Wildman–Crippen MR) is 121 cm³/mol. The standard InChI is InChI=1S/C23H39N5O/c1-4-24-23(25-14-10-16-28-15-8-6-7-13-22(28)29)26-18-20-11-9-12-21(17-20)19-27(3)5-2/h9,11-12,17H,4-8,10,13-16,18-19H2,1-3H3,(H2,24,25,26). The van der Waals surface area contributed by atoms with Crippen LogP contribution in [0.5, 0.6) is 0 Å². The molecular weight excluding hydrogens is 362 g/mol. The van der Waals surface area contributed by atoms with Crippen LogP contribution in [0.15, 0.2) is 29.3 Å². The fourth-order valence-electron chi connectivity index (χ4n) is 3.51. The normalized spacial score (nSPS) is 15.5. The Labute approximate surface area is 176 Å². The van der Waals surface area contributed by atoms with Gasteiger partial charge in [0.2, 0.25) is 5.91 Å². The molecule has 0 unspecified atom stereocenters. The predicted octanol–water partition coefficient (Wildman–Crippen LogP) is 2.99. The first-order chi connectivity index (χ1) is 14.1. The summed E-state index contributed by atoms with van der Waals surface area (Å²) in [5.41, 5.74) is 2.54. The van der Waals surface area contributed by atoms with Gasteiger partial charge in [0.15, 0.2) is 5.96 Å².